The Morgan fingerprint density at radius 2 is 1.12 bits per heavy atom. The number of hydrogen-bond donors (Lipinski definition) is 0. The number of nitrogens with zero attached hydrogens (tertiary/aromatic N) is 1. The van der Waals surface area contributed by atoms with E-state index in [4.69, 9.17) is 5.73 Å². The van der Waals surface area contributed by atoms with Crippen LogP contribution in [0, 0.1) is 0 Å². The third-order valence-corrected chi connectivity index (χ3v) is 3.08. The molecule has 0 atom stereocenters. The molecule has 0 N–H and O–H groups in total. The van der Waals surface area contributed by atoms with Crippen LogP contribution in [0.4, 0.5) is 0 Å². The van der Waals surface area contributed by atoms with Gasteiger partial charge in [-0.1, -0.05) is 77.2 Å². The van der Waals surface area contributed by atoms with Gasteiger partial charge in [0.1, 0.15) is 0 Å². The van der Waals surface area contributed by atoms with Crippen molar-refractivity contribution in [3.63, 3.8) is 0 Å². The molecule has 0 aliphatic rings. The van der Waals surface area contributed by atoms with E-state index >= 15 is 0 Å². The summed E-state index contributed by atoms with van der Waals surface area (Å²) in [5, 5.41) is 0. The van der Waals surface area contributed by atoms with Gasteiger partial charge in [-0.2, -0.15) is 5.73 Å². The molecule has 0 saturated carbocycles. The minimum atomic E-state index is 1.04. The van der Waals surface area contributed by atoms with Gasteiger partial charge in [0.05, 0.1) is 0 Å². The van der Waals surface area contributed by atoms with Gasteiger partial charge in [-0.05, 0) is 12.8 Å². The maximum atomic E-state index is 8.45. The maximum Gasteiger partial charge on any atom is 0.0455 e. The van der Waals surface area contributed by atoms with E-state index in [0.717, 1.165) is 12.6 Å². The molecule has 0 amide bonds. The summed E-state index contributed by atoms with van der Waals surface area (Å²) in [4.78, 5) is 0. The van der Waals surface area contributed by atoms with Gasteiger partial charge >= 0.3 is 0 Å². The van der Waals surface area contributed by atoms with Gasteiger partial charge in [-0.3, -0.25) is 0 Å². The molecule has 1 heteroatoms. The Labute approximate surface area is 102 Å². The lowest BCUT2D eigenvalue weighted by atomic mass is 10.1. The van der Waals surface area contributed by atoms with Crippen LogP contribution in [-0.4, -0.2) is 0 Å². The molecule has 0 unspecified atom stereocenters. The Balaban J connectivity index is 2.88. The van der Waals surface area contributed by atoms with Crippen molar-refractivity contribution in [1.29, 1.82) is 0 Å². The summed E-state index contributed by atoms with van der Waals surface area (Å²) in [5.74, 6) is 0. The van der Waals surface area contributed by atoms with Crippen LogP contribution in [0.25, 0.3) is 0 Å². The van der Waals surface area contributed by atoms with E-state index in [0.29, 0.717) is 0 Å². The second kappa shape index (κ2) is 14.5. The zero-order valence-electron chi connectivity index (χ0n) is 11.1. The normalized spacial score (nSPS) is 11.3. The molecule has 16 heavy (non-hydrogen) atoms. The number of rotatable bonds is 12. The Bertz CT molecular complexity index is 140. The molecule has 0 rings (SSSR count). The smallest absolute Gasteiger partial charge is 0.0455 e. The molecule has 0 bridgehead atoms. The van der Waals surface area contributed by atoms with Crippen LogP contribution in [-0.2, 0) is 0 Å². The average Bonchev–Trinajstić information content (AvgIpc) is 2.31. The van der Waals surface area contributed by atoms with Crippen molar-refractivity contribution < 1.29 is 0 Å². The van der Waals surface area contributed by atoms with Crippen LogP contribution >= 0.6 is 0 Å². The Morgan fingerprint density at radius 3 is 1.56 bits per heavy atom. The number of allylic oxidation sites excluding steroid dienone is 1. The lowest BCUT2D eigenvalue weighted by Crippen LogP contribution is -1.81. The average molecular weight is 223 g/mol. The monoisotopic (exact) mass is 223 g/mol. The highest BCUT2D eigenvalue weighted by Gasteiger charge is 1.92. The van der Waals surface area contributed by atoms with Crippen LogP contribution in [0.2, 0.25) is 0 Å². The van der Waals surface area contributed by atoms with Crippen molar-refractivity contribution in [2.24, 2.45) is 0 Å². The van der Waals surface area contributed by atoms with Crippen LogP contribution < -0.4 is 5.73 Å². The van der Waals surface area contributed by atoms with Crippen molar-refractivity contribution in [2.75, 3.05) is 0 Å². The molecule has 0 aliphatic carbocycles. The Morgan fingerprint density at radius 1 is 0.688 bits per heavy atom. The molecule has 0 aromatic heterocycles. The summed E-state index contributed by atoms with van der Waals surface area (Å²) in [5.41, 5.74) is 8.45. The van der Waals surface area contributed by atoms with Gasteiger partial charge in [0, 0.05) is 6.20 Å². The molecule has 0 spiro atoms. The summed E-state index contributed by atoms with van der Waals surface area (Å²) in [7, 11) is 0. The topological polar surface area (TPSA) is 22.3 Å². The summed E-state index contributed by atoms with van der Waals surface area (Å²) < 4.78 is 0. The molecule has 0 aliphatic heterocycles. The third kappa shape index (κ3) is 13.5. The van der Waals surface area contributed by atoms with Gasteiger partial charge in [0.25, 0.3) is 0 Å². The second-order valence-electron chi connectivity index (χ2n) is 4.71. The van der Waals surface area contributed by atoms with Crippen molar-refractivity contribution in [3.8, 4) is 0 Å². The van der Waals surface area contributed by atoms with E-state index in [2.05, 4.69) is 6.92 Å². The van der Waals surface area contributed by atoms with E-state index in [1.807, 2.05) is 6.08 Å². The van der Waals surface area contributed by atoms with E-state index in [9.17, 15) is 0 Å². The van der Waals surface area contributed by atoms with Crippen LogP contribution in [0.1, 0.15) is 84.0 Å². The van der Waals surface area contributed by atoms with E-state index in [1.165, 1.54) is 70.6 Å². The fourth-order valence-corrected chi connectivity index (χ4v) is 2.00. The standard InChI is InChI=1S/C15H29N/c1-2-3-4-5-6-7-8-9-10-11-12-13-14-15-16/h14-15H,2-13H2,1H3. The molecule has 2 radical (unpaired) electrons. The van der Waals surface area contributed by atoms with Crippen LogP contribution in [0.5, 0.6) is 0 Å². The molecule has 94 valence electrons. The largest absolute Gasteiger partial charge is 0.160 e. The first-order valence-electron chi connectivity index (χ1n) is 7.21. The fourth-order valence-electron chi connectivity index (χ4n) is 2.00. The molecule has 0 saturated heterocycles. The summed E-state index contributed by atoms with van der Waals surface area (Å²) in [6, 6.07) is 0. The molecule has 0 heterocycles. The van der Waals surface area contributed by atoms with Gasteiger partial charge in [0.2, 0.25) is 0 Å². The maximum absolute atomic E-state index is 8.45. The van der Waals surface area contributed by atoms with Crippen molar-refractivity contribution in [3.05, 3.63) is 12.3 Å². The highest BCUT2D eigenvalue weighted by atomic mass is 14.5. The first kappa shape index (κ1) is 15.5. The molecule has 0 aromatic carbocycles. The third-order valence-electron chi connectivity index (χ3n) is 3.08. The summed E-state index contributed by atoms with van der Waals surface area (Å²) in [6.07, 6.45) is 19.3. The van der Waals surface area contributed by atoms with Gasteiger partial charge in [-0.15, -0.1) is 0 Å². The zero-order valence-corrected chi connectivity index (χ0v) is 11.1. The SMILES string of the molecule is CCCCCCCCCCCCCC=C[N]. The molecule has 1 nitrogen and oxygen atoms in total. The molecular weight excluding hydrogens is 194 g/mol. The predicted molar refractivity (Wildman–Crippen MR) is 72.4 cm³/mol. The van der Waals surface area contributed by atoms with E-state index < -0.39 is 0 Å². The van der Waals surface area contributed by atoms with E-state index in [1.54, 1.807) is 0 Å². The quantitative estimate of drug-likeness (QED) is 0.402. The molecular formula is C15H29N. The van der Waals surface area contributed by atoms with Crippen molar-refractivity contribution >= 4 is 0 Å². The molecule has 0 fully saturated rings. The van der Waals surface area contributed by atoms with Gasteiger partial charge in [-0.25, -0.2) is 0 Å². The lowest BCUT2D eigenvalue weighted by molar-refractivity contribution is 0.550. The Kier molecular flexibility index (Phi) is 14.1. The number of unbranched alkanes of at least 4 members (excludes halogenated alkanes) is 11. The first-order valence-corrected chi connectivity index (χ1v) is 7.21. The van der Waals surface area contributed by atoms with Crippen molar-refractivity contribution in [1.82, 2.24) is 5.73 Å². The number of hydrogen-bond acceptors (Lipinski definition) is 0. The second-order valence-corrected chi connectivity index (χ2v) is 4.71. The first-order chi connectivity index (χ1) is 7.91. The van der Waals surface area contributed by atoms with Gasteiger partial charge < -0.3 is 0 Å². The highest BCUT2D eigenvalue weighted by molar-refractivity contribution is 4.74. The van der Waals surface area contributed by atoms with Crippen LogP contribution in [0.3, 0.4) is 0 Å². The van der Waals surface area contributed by atoms with E-state index in [-0.39, 0.29) is 0 Å². The highest BCUT2D eigenvalue weighted by Crippen LogP contribution is 2.11. The minimum Gasteiger partial charge on any atom is -0.160 e. The fraction of sp³-hybridized carbons (Fsp3) is 0.867. The summed E-state index contributed by atoms with van der Waals surface area (Å²) in [6.45, 7) is 2.27. The lowest BCUT2D eigenvalue weighted by Gasteiger charge is -2.01. The van der Waals surface area contributed by atoms with Crippen LogP contribution in [0.15, 0.2) is 12.3 Å². The zero-order chi connectivity index (χ0) is 11.9. The molecule has 0 aromatic rings. The summed E-state index contributed by atoms with van der Waals surface area (Å²) >= 11 is 0. The predicted octanol–water partition coefficient (Wildman–Crippen LogP) is 5.27. The van der Waals surface area contributed by atoms with Crippen molar-refractivity contribution in [2.45, 2.75) is 84.0 Å². The minimum absolute atomic E-state index is 1.04. The van der Waals surface area contributed by atoms with Gasteiger partial charge in [0.15, 0.2) is 0 Å². The Hall–Kier alpha value is -0.460.